The molecule has 0 saturated heterocycles. The zero-order chi connectivity index (χ0) is 24.8. The van der Waals surface area contributed by atoms with Gasteiger partial charge in [0.1, 0.15) is 18.7 Å². The fourth-order valence-electron chi connectivity index (χ4n) is 3.66. The highest BCUT2D eigenvalue weighted by Crippen LogP contribution is 2.21. The number of nitrogens with two attached hydrogens (primary N) is 1. The molecule has 0 aliphatic heterocycles. The Morgan fingerprint density at radius 2 is 1.73 bits per heavy atom. The zero-order valence-corrected chi connectivity index (χ0v) is 19.6. The number of unbranched alkanes of at least 4 members (excludes halogenated alkanes) is 2. The maximum Gasteiger partial charge on any atom is 0.303 e. The molecule has 1 aliphatic rings. The van der Waals surface area contributed by atoms with Gasteiger partial charge in [-0.3, -0.25) is 24.0 Å². The summed E-state index contributed by atoms with van der Waals surface area (Å²) in [6, 6.07) is -2.27. The molecule has 0 bridgehead atoms. The highest BCUT2D eigenvalue weighted by molar-refractivity contribution is 5.91. The van der Waals surface area contributed by atoms with Crippen molar-refractivity contribution in [3.05, 3.63) is 0 Å². The van der Waals surface area contributed by atoms with E-state index in [9.17, 15) is 24.0 Å². The predicted molar refractivity (Wildman–Crippen MR) is 120 cm³/mol. The van der Waals surface area contributed by atoms with E-state index < -0.39 is 35.8 Å². The number of ether oxygens (including phenoxy) is 1. The summed E-state index contributed by atoms with van der Waals surface area (Å²) in [7, 11) is 0. The van der Waals surface area contributed by atoms with E-state index in [1.54, 1.807) is 0 Å². The number of hydrogen-bond acceptors (Lipinski definition) is 6. The summed E-state index contributed by atoms with van der Waals surface area (Å²) in [5, 5.41) is 16.6. The molecule has 1 aliphatic carbocycles. The average molecular weight is 471 g/mol. The van der Waals surface area contributed by atoms with E-state index in [4.69, 9.17) is 15.6 Å². The Morgan fingerprint density at radius 3 is 2.36 bits per heavy atom. The van der Waals surface area contributed by atoms with Gasteiger partial charge in [-0.15, -0.1) is 0 Å². The Labute approximate surface area is 194 Å². The molecule has 1 rings (SSSR count). The van der Waals surface area contributed by atoms with Gasteiger partial charge in [0.25, 0.3) is 0 Å². The normalized spacial score (nSPS) is 19.7. The summed E-state index contributed by atoms with van der Waals surface area (Å²) in [6.45, 7) is 3.24. The molecule has 0 radical (unpaired) electrons. The van der Waals surface area contributed by atoms with Crippen LogP contribution in [-0.4, -0.2) is 65.5 Å². The number of primary amides is 1. The number of carboxylic acid groups (broad SMARTS) is 1. The molecule has 6 N–H and O–H groups in total. The first-order chi connectivity index (χ1) is 15.6. The average Bonchev–Trinajstić information content (AvgIpc) is 2.75. The monoisotopic (exact) mass is 470 g/mol. The summed E-state index contributed by atoms with van der Waals surface area (Å²) in [5.41, 5.74) is 5.20. The third-order valence-corrected chi connectivity index (χ3v) is 5.56. The first-order valence-electron chi connectivity index (χ1n) is 11.7. The van der Waals surface area contributed by atoms with Crippen LogP contribution in [0.2, 0.25) is 0 Å². The molecule has 11 heteroatoms. The van der Waals surface area contributed by atoms with Crippen molar-refractivity contribution in [2.45, 2.75) is 102 Å². The maximum absolute atomic E-state index is 12.3. The van der Waals surface area contributed by atoms with Crippen molar-refractivity contribution in [1.82, 2.24) is 16.0 Å². The minimum Gasteiger partial charge on any atom is -0.481 e. The van der Waals surface area contributed by atoms with Crippen LogP contribution in [0.4, 0.5) is 0 Å². The van der Waals surface area contributed by atoms with Gasteiger partial charge >= 0.3 is 5.97 Å². The SMILES string of the molecule is CCCCCC(=O)NC1CCCCC1OCC(=O)N[C@@H](C)C(=O)N[C@H](CCC(=O)O)C(N)=O. The van der Waals surface area contributed by atoms with Gasteiger partial charge in [-0.1, -0.05) is 32.6 Å². The molecule has 0 heterocycles. The largest absolute Gasteiger partial charge is 0.481 e. The molecule has 33 heavy (non-hydrogen) atoms. The number of aliphatic carboxylic acids is 1. The second-order valence-electron chi connectivity index (χ2n) is 8.45. The van der Waals surface area contributed by atoms with Crippen LogP contribution >= 0.6 is 0 Å². The lowest BCUT2D eigenvalue weighted by molar-refractivity contribution is -0.138. The Bertz CT molecular complexity index is 686. The number of carbonyl (C=O) groups excluding carboxylic acids is 4. The van der Waals surface area contributed by atoms with Crippen molar-refractivity contribution >= 4 is 29.6 Å². The molecule has 0 aromatic carbocycles. The number of hydrogen-bond donors (Lipinski definition) is 5. The van der Waals surface area contributed by atoms with Gasteiger partial charge in [0.05, 0.1) is 12.1 Å². The second-order valence-corrected chi connectivity index (χ2v) is 8.45. The molecular weight excluding hydrogens is 432 g/mol. The lowest BCUT2D eigenvalue weighted by Gasteiger charge is -2.32. The fraction of sp³-hybridized carbons (Fsp3) is 0.773. The van der Waals surface area contributed by atoms with E-state index in [1.165, 1.54) is 6.92 Å². The summed E-state index contributed by atoms with van der Waals surface area (Å²) < 4.78 is 5.75. The van der Waals surface area contributed by atoms with Crippen LogP contribution in [0.25, 0.3) is 0 Å². The van der Waals surface area contributed by atoms with Gasteiger partial charge < -0.3 is 31.5 Å². The van der Waals surface area contributed by atoms with Crippen LogP contribution in [0.15, 0.2) is 0 Å². The Kier molecular flexibility index (Phi) is 13.1. The molecule has 188 valence electrons. The predicted octanol–water partition coefficient (Wildman–Crippen LogP) is 0.350. The molecule has 1 fully saturated rings. The third kappa shape index (κ3) is 11.7. The summed E-state index contributed by atoms with van der Waals surface area (Å²) in [5.74, 6) is -3.16. The second kappa shape index (κ2) is 15.2. The third-order valence-electron chi connectivity index (χ3n) is 5.56. The van der Waals surface area contributed by atoms with E-state index in [0.717, 1.165) is 44.9 Å². The smallest absolute Gasteiger partial charge is 0.303 e. The van der Waals surface area contributed by atoms with Gasteiger partial charge in [0.15, 0.2) is 0 Å². The van der Waals surface area contributed by atoms with Crippen LogP contribution in [-0.2, 0) is 28.7 Å². The fourth-order valence-corrected chi connectivity index (χ4v) is 3.66. The first kappa shape index (κ1) is 28.3. The van der Waals surface area contributed by atoms with Gasteiger partial charge in [-0.25, -0.2) is 0 Å². The first-order valence-corrected chi connectivity index (χ1v) is 11.7. The number of carboxylic acids is 1. The quantitative estimate of drug-likeness (QED) is 0.214. The van der Waals surface area contributed by atoms with E-state index in [2.05, 4.69) is 22.9 Å². The molecule has 0 spiro atoms. The standard InChI is InChI=1S/C22H38N4O7/c1-3-4-5-10-18(27)25-15-8-6-7-9-17(15)33-13-19(28)24-14(2)22(32)26-16(21(23)31)11-12-20(29)30/h14-17H,3-13H2,1-2H3,(H2,23,31)(H,24,28)(H,25,27)(H,26,32)(H,29,30)/t14-,15?,16+,17?/m0/s1. The molecule has 0 aromatic heterocycles. The molecule has 4 atom stereocenters. The minimum absolute atomic E-state index is 0.00871. The minimum atomic E-state index is -1.15. The lowest BCUT2D eigenvalue weighted by Crippen LogP contribution is -2.53. The number of rotatable bonds is 15. The van der Waals surface area contributed by atoms with E-state index in [1.807, 2.05) is 0 Å². The van der Waals surface area contributed by atoms with Crippen molar-refractivity contribution in [3.8, 4) is 0 Å². The van der Waals surface area contributed by atoms with Crippen molar-refractivity contribution in [3.63, 3.8) is 0 Å². The summed E-state index contributed by atoms with van der Waals surface area (Å²) >= 11 is 0. The number of carbonyl (C=O) groups is 5. The van der Waals surface area contributed by atoms with E-state index in [-0.39, 0.29) is 37.5 Å². The molecular formula is C22H38N4O7. The van der Waals surface area contributed by atoms with Gasteiger partial charge in [0, 0.05) is 12.8 Å². The highest BCUT2D eigenvalue weighted by Gasteiger charge is 2.28. The van der Waals surface area contributed by atoms with Crippen LogP contribution < -0.4 is 21.7 Å². The van der Waals surface area contributed by atoms with Gasteiger partial charge in [0.2, 0.25) is 23.6 Å². The van der Waals surface area contributed by atoms with Crippen LogP contribution in [0.1, 0.15) is 78.1 Å². The van der Waals surface area contributed by atoms with Crippen LogP contribution in [0.3, 0.4) is 0 Å². The Hall–Kier alpha value is -2.69. The van der Waals surface area contributed by atoms with Gasteiger partial charge in [-0.05, 0) is 32.6 Å². The van der Waals surface area contributed by atoms with E-state index >= 15 is 0 Å². The number of amides is 4. The molecule has 0 aromatic rings. The molecule has 4 amide bonds. The Balaban J connectivity index is 2.47. The Morgan fingerprint density at radius 1 is 1.03 bits per heavy atom. The zero-order valence-electron chi connectivity index (χ0n) is 19.6. The molecule has 1 saturated carbocycles. The molecule has 11 nitrogen and oxygen atoms in total. The maximum atomic E-state index is 12.3. The summed E-state index contributed by atoms with van der Waals surface area (Å²) in [6.07, 6.45) is 6.04. The van der Waals surface area contributed by atoms with Crippen LogP contribution in [0, 0.1) is 0 Å². The topological polar surface area (TPSA) is 177 Å². The highest BCUT2D eigenvalue weighted by atomic mass is 16.5. The lowest BCUT2D eigenvalue weighted by atomic mass is 9.92. The van der Waals surface area contributed by atoms with Crippen molar-refractivity contribution in [2.75, 3.05) is 6.61 Å². The van der Waals surface area contributed by atoms with Crippen LogP contribution in [0.5, 0.6) is 0 Å². The summed E-state index contributed by atoms with van der Waals surface area (Å²) in [4.78, 5) is 58.8. The van der Waals surface area contributed by atoms with Crippen molar-refractivity contribution < 1.29 is 33.8 Å². The van der Waals surface area contributed by atoms with Gasteiger partial charge in [-0.2, -0.15) is 0 Å². The van der Waals surface area contributed by atoms with Crippen molar-refractivity contribution in [1.29, 1.82) is 0 Å². The molecule has 2 unspecified atom stereocenters. The number of nitrogens with one attached hydrogen (secondary N) is 3. The van der Waals surface area contributed by atoms with E-state index in [0.29, 0.717) is 6.42 Å². The van der Waals surface area contributed by atoms with Crippen molar-refractivity contribution in [2.24, 2.45) is 5.73 Å².